The van der Waals surface area contributed by atoms with Gasteiger partial charge in [-0.1, -0.05) is 29.8 Å². The van der Waals surface area contributed by atoms with Gasteiger partial charge in [-0.15, -0.1) is 0 Å². The number of sulfonamides is 2. The van der Waals surface area contributed by atoms with Crippen molar-refractivity contribution < 1.29 is 21.6 Å². The Labute approximate surface area is 242 Å². The normalized spacial score (nSPS) is 11.6. The van der Waals surface area contributed by atoms with Gasteiger partial charge in [-0.05, 0) is 118 Å². The fourth-order valence-corrected chi connectivity index (χ4v) is 6.56. The fraction of sp³-hybridized carbons (Fsp3) is 0.194. The van der Waals surface area contributed by atoms with Crippen molar-refractivity contribution in [1.29, 1.82) is 0 Å². The topological polar surface area (TPSA) is 113 Å². The van der Waals surface area contributed by atoms with Crippen LogP contribution in [0.25, 0.3) is 0 Å². The minimum Gasteiger partial charge on any atom is -0.325 e. The average Bonchev–Trinajstić information content (AvgIpc) is 2.91. The number of nitrogens with zero attached hydrogens (tertiary/aromatic N) is 1. The van der Waals surface area contributed by atoms with Crippen LogP contribution < -0.4 is 14.3 Å². The van der Waals surface area contributed by atoms with E-state index in [0.717, 1.165) is 32.1 Å². The van der Waals surface area contributed by atoms with Gasteiger partial charge in [0.05, 0.1) is 15.5 Å². The third-order valence-corrected chi connectivity index (χ3v) is 10.1. The molecule has 0 spiro atoms. The monoisotopic (exact) mass is 591 g/mol. The Morgan fingerprint density at radius 1 is 0.634 bits per heavy atom. The number of rotatable bonds is 9. The summed E-state index contributed by atoms with van der Waals surface area (Å²) in [6, 6.07) is 22.6. The molecule has 4 aromatic rings. The van der Waals surface area contributed by atoms with E-state index in [4.69, 9.17) is 0 Å². The van der Waals surface area contributed by atoms with Gasteiger partial charge in [0, 0.05) is 11.4 Å². The first-order valence-electron chi connectivity index (χ1n) is 12.9. The van der Waals surface area contributed by atoms with E-state index in [0.29, 0.717) is 17.1 Å². The van der Waals surface area contributed by atoms with Crippen LogP contribution in [0.4, 0.5) is 17.1 Å². The summed E-state index contributed by atoms with van der Waals surface area (Å²) in [6.07, 6.45) is 0. The molecule has 41 heavy (non-hydrogen) atoms. The fourth-order valence-electron chi connectivity index (χ4n) is 4.10. The molecule has 4 aromatic carbocycles. The van der Waals surface area contributed by atoms with Gasteiger partial charge in [0.1, 0.15) is 6.54 Å². The van der Waals surface area contributed by atoms with Crippen molar-refractivity contribution in [2.75, 3.05) is 20.9 Å². The maximum absolute atomic E-state index is 13.6. The van der Waals surface area contributed by atoms with Gasteiger partial charge in [0.15, 0.2) is 0 Å². The summed E-state index contributed by atoms with van der Waals surface area (Å²) < 4.78 is 56.7. The maximum atomic E-state index is 13.6. The van der Waals surface area contributed by atoms with Gasteiger partial charge in [0.25, 0.3) is 20.0 Å². The number of amides is 1. The summed E-state index contributed by atoms with van der Waals surface area (Å²) in [6.45, 7) is 9.03. The van der Waals surface area contributed by atoms with Crippen LogP contribution in [0.2, 0.25) is 0 Å². The Kier molecular flexibility index (Phi) is 8.55. The average molecular weight is 592 g/mol. The number of carbonyl (C=O) groups excluding carboxylic acids is 1. The van der Waals surface area contributed by atoms with Crippen molar-refractivity contribution in [3.63, 3.8) is 0 Å². The lowest BCUT2D eigenvalue weighted by Gasteiger charge is -2.25. The molecular weight excluding hydrogens is 558 g/mol. The van der Waals surface area contributed by atoms with Crippen molar-refractivity contribution >= 4 is 43.0 Å². The Bertz CT molecular complexity index is 1800. The molecule has 0 saturated carbocycles. The molecule has 0 aliphatic heterocycles. The first-order valence-corrected chi connectivity index (χ1v) is 15.9. The molecule has 8 nitrogen and oxygen atoms in total. The highest BCUT2D eigenvalue weighted by Crippen LogP contribution is 2.27. The number of aryl methyl sites for hydroxylation is 5. The second kappa shape index (κ2) is 11.8. The predicted octanol–water partition coefficient (Wildman–Crippen LogP) is 5.86. The molecule has 214 valence electrons. The standard InChI is InChI=1S/C31H33N3O5S2/c1-21-6-14-30(15-7-21)41(38,39)34(28-13-9-23(3)25(5)19-28)20-31(35)32-26-11-16-29(17-12-26)40(36,37)33-27-10-8-22(2)24(4)18-27/h6-19,33H,20H2,1-5H3,(H,32,35). The van der Waals surface area contributed by atoms with Crippen molar-refractivity contribution in [1.82, 2.24) is 0 Å². The van der Waals surface area contributed by atoms with Gasteiger partial charge < -0.3 is 5.32 Å². The largest absolute Gasteiger partial charge is 0.325 e. The van der Waals surface area contributed by atoms with Crippen LogP contribution in [0.3, 0.4) is 0 Å². The number of anilines is 3. The van der Waals surface area contributed by atoms with Crippen LogP contribution >= 0.6 is 0 Å². The molecule has 0 fully saturated rings. The molecule has 0 atom stereocenters. The van der Waals surface area contributed by atoms with Crippen LogP contribution in [0.5, 0.6) is 0 Å². The van der Waals surface area contributed by atoms with E-state index < -0.39 is 32.5 Å². The number of hydrogen-bond donors (Lipinski definition) is 2. The molecule has 0 aromatic heterocycles. The summed E-state index contributed by atoms with van der Waals surface area (Å²) in [4.78, 5) is 13.2. The number of carbonyl (C=O) groups is 1. The summed E-state index contributed by atoms with van der Waals surface area (Å²) in [5.41, 5.74) is 5.95. The van der Waals surface area contributed by atoms with Crippen molar-refractivity contribution in [3.05, 3.63) is 113 Å². The second-order valence-electron chi connectivity index (χ2n) is 10.1. The Morgan fingerprint density at radius 3 is 1.76 bits per heavy atom. The Hall–Kier alpha value is -4.15. The van der Waals surface area contributed by atoms with Crippen LogP contribution in [-0.2, 0) is 24.8 Å². The molecule has 0 aliphatic carbocycles. The Morgan fingerprint density at radius 2 is 1.17 bits per heavy atom. The summed E-state index contributed by atoms with van der Waals surface area (Å²) in [5, 5.41) is 2.68. The third-order valence-electron chi connectivity index (χ3n) is 6.88. The number of nitrogens with one attached hydrogen (secondary N) is 2. The molecule has 4 rings (SSSR count). The molecule has 0 saturated heterocycles. The summed E-state index contributed by atoms with van der Waals surface area (Å²) in [7, 11) is -7.92. The quantitative estimate of drug-likeness (QED) is 0.253. The minimum absolute atomic E-state index is 0.0208. The van der Waals surface area contributed by atoms with Gasteiger partial charge in [-0.25, -0.2) is 16.8 Å². The molecule has 1 amide bonds. The van der Waals surface area contributed by atoms with E-state index >= 15 is 0 Å². The number of hydrogen-bond acceptors (Lipinski definition) is 5. The molecule has 0 bridgehead atoms. The molecule has 0 heterocycles. The van der Waals surface area contributed by atoms with E-state index in [2.05, 4.69) is 10.0 Å². The first-order chi connectivity index (χ1) is 19.3. The molecular formula is C31H33N3O5S2. The van der Waals surface area contributed by atoms with Crippen molar-refractivity contribution in [2.24, 2.45) is 0 Å². The summed E-state index contributed by atoms with van der Waals surface area (Å²) >= 11 is 0. The van der Waals surface area contributed by atoms with E-state index in [1.807, 2.05) is 46.8 Å². The molecule has 10 heteroatoms. The molecule has 2 N–H and O–H groups in total. The van der Waals surface area contributed by atoms with E-state index in [1.165, 1.54) is 36.4 Å². The van der Waals surface area contributed by atoms with E-state index in [-0.39, 0.29) is 9.79 Å². The van der Waals surface area contributed by atoms with Crippen LogP contribution in [-0.4, -0.2) is 29.3 Å². The smallest absolute Gasteiger partial charge is 0.264 e. The summed E-state index contributed by atoms with van der Waals surface area (Å²) in [5.74, 6) is -0.581. The minimum atomic E-state index is -4.06. The van der Waals surface area contributed by atoms with Crippen molar-refractivity contribution in [3.8, 4) is 0 Å². The van der Waals surface area contributed by atoms with Crippen molar-refractivity contribution in [2.45, 2.75) is 44.4 Å². The third kappa shape index (κ3) is 6.96. The predicted molar refractivity (Wildman–Crippen MR) is 163 cm³/mol. The zero-order valence-electron chi connectivity index (χ0n) is 23.6. The zero-order valence-corrected chi connectivity index (χ0v) is 25.2. The molecule has 0 aliphatic rings. The van der Waals surface area contributed by atoms with Gasteiger partial charge in [0.2, 0.25) is 5.91 Å². The van der Waals surface area contributed by atoms with Crippen LogP contribution in [0.1, 0.15) is 27.8 Å². The Balaban J connectivity index is 1.54. The van der Waals surface area contributed by atoms with Crippen LogP contribution in [0, 0.1) is 34.6 Å². The first kappa shape index (κ1) is 29.8. The van der Waals surface area contributed by atoms with E-state index in [1.54, 1.807) is 36.4 Å². The van der Waals surface area contributed by atoms with Gasteiger partial charge >= 0.3 is 0 Å². The van der Waals surface area contributed by atoms with Gasteiger partial charge in [-0.3, -0.25) is 13.8 Å². The van der Waals surface area contributed by atoms with Gasteiger partial charge in [-0.2, -0.15) is 0 Å². The zero-order chi connectivity index (χ0) is 29.9. The highest BCUT2D eigenvalue weighted by Gasteiger charge is 2.27. The highest BCUT2D eigenvalue weighted by atomic mass is 32.2. The van der Waals surface area contributed by atoms with Crippen LogP contribution in [0.15, 0.2) is 94.7 Å². The molecule has 0 radical (unpaired) electrons. The van der Waals surface area contributed by atoms with E-state index in [9.17, 15) is 21.6 Å². The molecule has 0 unspecified atom stereocenters. The number of benzene rings is 4. The second-order valence-corrected chi connectivity index (χ2v) is 13.6. The lowest BCUT2D eigenvalue weighted by molar-refractivity contribution is -0.114. The lowest BCUT2D eigenvalue weighted by atomic mass is 10.1. The maximum Gasteiger partial charge on any atom is 0.264 e. The highest BCUT2D eigenvalue weighted by molar-refractivity contribution is 7.93. The lowest BCUT2D eigenvalue weighted by Crippen LogP contribution is -2.38. The SMILES string of the molecule is Cc1ccc(S(=O)(=O)N(CC(=O)Nc2ccc(S(=O)(=O)Nc3ccc(C)c(C)c3)cc2)c2ccc(C)c(C)c2)cc1.